The summed E-state index contributed by atoms with van der Waals surface area (Å²) in [5.41, 5.74) is -5.56. The van der Waals surface area contributed by atoms with Crippen LogP contribution in [0, 0.1) is 69.8 Å². The molecule has 0 saturated heterocycles. The first-order valence-corrected chi connectivity index (χ1v) is 12.4. The van der Waals surface area contributed by atoms with Crippen LogP contribution >= 0.6 is 0 Å². The van der Waals surface area contributed by atoms with Crippen LogP contribution in [0.2, 0.25) is 0 Å². The molecule has 0 amide bonds. The van der Waals surface area contributed by atoms with Gasteiger partial charge < -0.3 is 34.6 Å². The topological polar surface area (TPSA) is 109 Å². The Labute approximate surface area is 284 Å². The molecule has 3 aromatic carbocycles. The second-order valence-electron chi connectivity index (χ2n) is 8.41. The van der Waals surface area contributed by atoms with Gasteiger partial charge in [-0.2, -0.15) is 0 Å². The third-order valence-electron chi connectivity index (χ3n) is 5.68. The van der Waals surface area contributed by atoms with Gasteiger partial charge in [0.05, 0.1) is 73.0 Å². The van der Waals surface area contributed by atoms with Gasteiger partial charge in [0.15, 0.2) is 69.8 Å². The van der Waals surface area contributed by atoms with Crippen molar-refractivity contribution < 1.29 is 114 Å². The predicted molar refractivity (Wildman–Crippen MR) is 137 cm³/mol. The molecule has 0 saturated carbocycles. The minimum atomic E-state index is -1.59. The zero-order valence-corrected chi connectivity index (χ0v) is 27.7. The molecule has 0 aliphatic rings. The summed E-state index contributed by atoms with van der Waals surface area (Å²) in [6.07, 6.45) is 0. The summed E-state index contributed by atoms with van der Waals surface area (Å²) in [7, 11) is 4.40. The number of hydrogen-bond acceptors (Lipinski definition) is 7. The fourth-order valence-electron chi connectivity index (χ4n) is 3.40. The predicted octanol–water partition coefficient (Wildman–Crippen LogP) is 5.25. The monoisotopic (exact) mass is 794 g/mol. The molecule has 0 spiro atoms. The Morgan fingerprint density at radius 3 is 0.562 bits per heavy atom. The van der Waals surface area contributed by atoms with Crippen molar-refractivity contribution in [3.05, 3.63) is 103 Å². The van der Waals surface area contributed by atoms with Crippen molar-refractivity contribution in [1.29, 1.82) is 0 Å². The van der Waals surface area contributed by atoms with Crippen molar-refractivity contribution in [2.24, 2.45) is 0 Å². The van der Waals surface area contributed by atoms with E-state index in [0.717, 1.165) is 28.4 Å². The summed E-state index contributed by atoms with van der Waals surface area (Å²) in [5, 5.41) is 32.6. The summed E-state index contributed by atoms with van der Waals surface area (Å²) in [4.78, 5) is 0. The maximum Gasteiger partial charge on any atom is 0.167 e. The first-order valence-electron chi connectivity index (χ1n) is 12.4. The van der Waals surface area contributed by atoms with E-state index >= 15 is 0 Å². The van der Waals surface area contributed by atoms with E-state index in [1.165, 1.54) is 0 Å². The first kappa shape index (κ1) is 47.5. The van der Waals surface area contributed by atoms with E-state index in [0.29, 0.717) is 0 Å². The quantitative estimate of drug-likeness (QED) is 0.173. The molecule has 7 nitrogen and oxygen atoms in total. The van der Waals surface area contributed by atoms with E-state index in [4.69, 9.17) is 20.4 Å². The minimum absolute atomic E-state index is 0. The summed E-state index contributed by atoms with van der Waals surface area (Å²) in [6.45, 7) is -5.10. The molecule has 270 valence electrons. The number of hydrogen-bond donors (Lipinski definition) is 4. The summed E-state index contributed by atoms with van der Waals surface area (Å²) in [6, 6.07) is 0. The molecule has 0 radical (unpaired) electrons. The van der Waals surface area contributed by atoms with Gasteiger partial charge in [-0.25, -0.2) is 52.7 Å². The van der Waals surface area contributed by atoms with Gasteiger partial charge in [0.2, 0.25) is 0 Å². The van der Waals surface area contributed by atoms with Crippen LogP contribution < -0.4 is 0 Å². The Morgan fingerprint density at radius 2 is 0.458 bits per heavy atom. The van der Waals surface area contributed by atoms with E-state index in [1.807, 2.05) is 0 Å². The Balaban J connectivity index is 0. The summed E-state index contributed by atoms with van der Waals surface area (Å²) < 4.78 is 170. The molecule has 4 N–H and O–H groups in total. The molecule has 0 unspecified atom stereocenters. The largest absolute Gasteiger partial charge is 0.400 e. The van der Waals surface area contributed by atoms with Gasteiger partial charge in [0, 0.05) is 54.6 Å². The van der Waals surface area contributed by atoms with Crippen LogP contribution in [0.4, 0.5) is 52.7 Å². The second-order valence-corrected chi connectivity index (χ2v) is 8.41. The summed E-state index contributed by atoms with van der Waals surface area (Å²) in [5.74, 6) is -18.8. The molecule has 0 fully saturated rings. The molecule has 0 bridgehead atoms. The number of methoxy groups -OCH3 is 3. The Kier molecular flexibility index (Phi) is 22.7. The minimum Gasteiger partial charge on any atom is -0.400 e. The number of aliphatic hydroxyl groups is 4. The maximum atomic E-state index is 13.1. The van der Waals surface area contributed by atoms with E-state index in [9.17, 15) is 52.7 Å². The fraction of sp³-hybridized carbons (Fsp3) is 0.357. The molecule has 0 aliphatic carbocycles. The van der Waals surface area contributed by atoms with E-state index < -0.39 is 143 Å². The van der Waals surface area contributed by atoms with Crippen LogP contribution in [0.1, 0.15) is 33.4 Å². The van der Waals surface area contributed by atoms with E-state index in [-0.39, 0.29) is 26.2 Å². The van der Waals surface area contributed by atoms with Gasteiger partial charge >= 0.3 is 0 Å². The molecule has 20 heteroatoms. The van der Waals surface area contributed by atoms with Gasteiger partial charge in [-0.15, -0.1) is 0 Å². The number of halogens is 12. The normalized spacial score (nSPS) is 10.2. The van der Waals surface area contributed by atoms with Crippen LogP contribution in [0.5, 0.6) is 0 Å². The Hall–Kier alpha value is -2.58. The summed E-state index contributed by atoms with van der Waals surface area (Å²) >= 11 is 0. The molecular weight excluding hydrogens is 768 g/mol. The Bertz CT molecular complexity index is 1230. The molecule has 0 aromatic heterocycles. The molecule has 48 heavy (non-hydrogen) atoms. The number of rotatable bonds is 9. The smallest absolute Gasteiger partial charge is 0.167 e. The van der Waals surface area contributed by atoms with Gasteiger partial charge in [-0.1, -0.05) is 0 Å². The number of benzene rings is 3. The molecule has 0 aliphatic heterocycles. The van der Waals surface area contributed by atoms with Gasteiger partial charge in [0.1, 0.15) is 0 Å². The zero-order chi connectivity index (χ0) is 36.8. The van der Waals surface area contributed by atoms with Crippen LogP contribution in [0.25, 0.3) is 0 Å². The fourth-order valence-corrected chi connectivity index (χ4v) is 3.40. The molecule has 3 rings (SSSR count). The second kappa shape index (κ2) is 22.9. The average Bonchev–Trinajstić information content (AvgIpc) is 3.07. The molecule has 3 aromatic rings. The molecular formula is C28H28F12O7Zr. The van der Waals surface area contributed by atoms with Crippen molar-refractivity contribution >= 4 is 0 Å². The van der Waals surface area contributed by atoms with Gasteiger partial charge in [-0.3, -0.25) is 0 Å². The average molecular weight is 796 g/mol. The molecule has 0 heterocycles. The van der Waals surface area contributed by atoms with Crippen molar-refractivity contribution in [3.63, 3.8) is 0 Å². The van der Waals surface area contributed by atoms with Crippen LogP contribution in [-0.2, 0) is 80.1 Å². The third-order valence-corrected chi connectivity index (χ3v) is 5.68. The van der Waals surface area contributed by atoms with E-state index in [2.05, 4.69) is 14.2 Å². The SMILES string of the molecule is CO.COCc1c(F)c(F)c(CO)c(F)c1F.COCc1c(F)c(F)c(CO)c(F)c1F.COCc1c(F)c(F)c(CO)c(F)c1F.[Zr]. The molecule has 0 atom stereocenters. The number of aliphatic hydroxyl groups excluding tert-OH is 4. The van der Waals surface area contributed by atoms with Crippen molar-refractivity contribution in [2.75, 3.05) is 28.4 Å². The van der Waals surface area contributed by atoms with Crippen molar-refractivity contribution in [1.82, 2.24) is 0 Å². The third kappa shape index (κ3) is 11.0. The van der Waals surface area contributed by atoms with Crippen LogP contribution in [0.15, 0.2) is 0 Å². The van der Waals surface area contributed by atoms with Crippen LogP contribution in [-0.4, -0.2) is 48.9 Å². The first-order chi connectivity index (χ1) is 22.1. The van der Waals surface area contributed by atoms with Gasteiger partial charge in [0.25, 0.3) is 0 Å². The van der Waals surface area contributed by atoms with E-state index in [1.54, 1.807) is 0 Å². The van der Waals surface area contributed by atoms with Crippen molar-refractivity contribution in [3.8, 4) is 0 Å². The Morgan fingerprint density at radius 1 is 0.333 bits per heavy atom. The number of ether oxygens (including phenoxy) is 3. The van der Waals surface area contributed by atoms with Crippen LogP contribution in [0.3, 0.4) is 0 Å². The zero-order valence-electron chi connectivity index (χ0n) is 25.3. The van der Waals surface area contributed by atoms with Gasteiger partial charge in [-0.05, 0) is 0 Å². The standard InChI is InChI=1S/3C9H8F4O2.CH4O.Zr/c3*1-15-3-5-8(12)6(10)4(2-14)7(11)9(5)13;1-2;/h3*14H,2-3H2,1H3;2H,1H3;. The maximum absolute atomic E-state index is 13.1. The van der Waals surface area contributed by atoms with Crippen molar-refractivity contribution in [2.45, 2.75) is 39.6 Å².